The summed E-state index contributed by atoms with van der Waals surface area (Å²) in [5, 5.41) is 6.13. The fourth-order valence-electron chi connectivity index (χ4n) is 2.34. The highest BCUT2D eigenvalue weighted by Crippen LogP contribution is 2.18. The van der Waals surface area contributed by atoms with Gasteiger partial charge in [0.15, 0.2) is 0 Å². The van der Waals surface area contributed by atoms with Gasteiger partial charge in [0.1, 0.15) is 6.04 Å². The van der Waals surface area contributed by atoms with E-state index >= 15 is 0 Å². The van der Waals surface area contributed by atoms with E-state index in [4.69, 9.17) is 11.6 Å². The molecule has 0 radical (unpaired) electrons. The van der Waals surface area contributed by atoms with Crippen molar-refractivity contribution in [2.24, 2.45) is 5.92 Å². The van der Waals surface area contributed by atoms with Gasteiger partial charge in [-0.1, -0.05) is 31.5 Å². The van der Waals surface area contributed by atoms with Gasteiger partial charge in [-0.2, -0.15) is 0 Å². The lowest BCUT2D eigenvalue weighted by atomic mass is 10.00. The topological polar surface area (TPSA) is 61.4 Å². The molecule has 1 unspecified atom stereocenters. The molecule has 1 heterocycles. The van der Waals surface area contributed by atoms with E-state index in [9.17, 15) is 9.59 Å². The van der Waals surface area contributed by atoms with Crippen molar-refractivity contribution in [2.45, 2.75) is 19.9 Å². The Labute approximate surface area is 123 Å². The number of carbonyl (C=O) groups excluding carboxylic acids is 2. The van der Waals surface area contributed by atoms with Crippen molar-refractivity contribution in [3.63, 3.8) is 0 Å². The van der Waals surface area contributed by atoms with Gasteiger partial charge in [0.2, 0.25) is 5.91 Å². The first kappa shape index (κ1) is 14.7. The Bertz CT molecular complexity index is 519. The van der Waals surface area contributed by atoms with E-state index in [0.29, 0.717) is 23.8 Å². The number of halogens is 1. The van der Waals surface area contributed by atoms with Crippen LogP contribution in [-0.2, 0) is 4.79 Å². The first-order valence-corrected chi connectivity index (χ1v) is 6.97. The number of nitrogens with zero attached hydrogens (tertiary/aromatic N) is 1. The van der Waals surface area contributed by atoms with Crippen molar-refractivity contribution in [3.05, 3.63) is 29.3 Å². The van der Waals surface area contributed by atoms with Crippen LogP contribution in [0.1, 0.15) is 13.8 Å². The monoisotopic (exact) mass is 295 g/mol. The van der Waals surface area contributed by atoms with Crippen LogP contribution in [0.2, 0.25) is 5.02 Å². The molecule has 1 aliphatic rings. The summed E-state index contributed by atoms with van der Waals surface area (Å²) >= 11 is 5.89. The number of carbonyl (C=O) groups is 2. The minimum atomic E-state index is -0.442. The third-order valence-corrected chi connectivity index (χ3v) is 3.46. The highest BCUT2D eigenvalue weighted by molar-refractivity contribution is 6.30. The average Bonchev–Trinajstić information content (AvgIpc) is 2.37. The summed E-state index contributed by atoms with van der Waals surface area (Å²) in [6.07, 6.45) is 0. The lowest BCUT2D eigenvalue weighted by Gasteiger charge is -2.37. The second kappa shape index (κ2) is 6.13. The number of benzene rings is 1. The third kappa shape index (κ3) is 3.22. The molecule has 0 aliphatic carbocycles. The van der Waals surface area contributed by atoms with Crippen molar-refractivity contribution < 1.29 is 9.59 Å². The Morgan fingerprint density at radius 3 is 2.90 bits per heavy atom. The Kier molecular flexibility index (Phi) is 4.49. The quantitative estimate of drug-likeness (QED) is 0.879. The van der Waals surface area contributed by atoms with Crippen LogP contribution in [-0.4, -0.2) is 36.0 Å². The molecule has 1 aliphatic heterocycles. The van der Waals surface area contributed by atoms with E-state index in [1.165, 1.54) is 0 Å². The Morgan fingerprint density at radius 1 is 1.50 bits per heavy atom. The van der Waals surface area contributed by atoms with Crippen LogP contribution in [0.5, 0.6) is 0 Å². The maximum Gasteiger partial charge on any atom is 0.322 e. The van der Waals surface area contributed by atoms with Gasteiger partial charge in [0, 0.05) is 23.8 Å². The molecule has 1 saturated heterocycles. The number of hydrogen-bond acceptors (Lipinski definition) is 2. The summed E-state index contributed by atoms with van der Waals surface area (Å²) < 4.78 is 0. The predicted octanol–water partition coefficient (Wildman–Crippen LogP) is 2.33. The molecule has 0 saturated carbocycles. The second-order valence-electron chi connectivity index (χ2n) is 5.11. The van der Waals surface area contributed by atoms with Crippen molar-refractivity contribution in [3.8, 4) is 0 Å². The number of piperazine rings is 1. The molecule has 20 heavy (non-hydrogen) atoms. The maximum atomic E-state index is 12.3. The summed E-state index contributed by atoms with van der Waals surface area (Å²) in [5.74, 6) is -0.0482. The molecule has 2 rings (SSSR count). The van der Waals surface area contributed by atoms with Gasteiger partial charge in [-0.15, -0.1) is 0 Å². The SMILES string of the molecule is CC(C)C1C(=O)NCCN1C(=O)Nc1cccc(Cl)c1. The van der Waals surface area contributed by atoms with E-state index in [-0.39, 0.29) is 17.9 Å². The average molecular weight is 296 g/mol. The predicted molar refractivity (Wildman–Crippen MR) is 78.8 cm³/mol. The van der Waals surface area contributed by atoms with Crippen molar-refractivity contribution in [2.75, 3.05) is 18.4 Å². The van der Waals surface area contributed by atoms with Crippen molar-refractivity contribution in [1.82, 2.24) is 10.2 Å². The summed E-state index contributed by atoms with van der Waals surface area (Å²) in [6, 6.07) is 6.22. The maximum absolute atomic E-state index is 12.3. The van der Waals surface area contributed by atoms with Crippen LogP contribution in [0.4, 0.5) is 10.5 Å². The molecule has 1 aromatic rings. The standard InChI is InChI=1S/C14H18ClN3O2/c1-9(2)12-13(19)16-6-7-18(12)14(20)17-11-5-3-4-10(15)8-11/h3-5,8-9,12H,6-7H2,1-2H3,(H,16,19)(H,17,20). The van der Waals surface area contributed by atoms with Crippen LogP contribution in [0.15, 0.2) is 24.3 Å². The van der Waals surface area contributed by atoms with Gasteiger partial charge in [-0.3, -0.25) is 4.79 Å². The number of anilines is 1. The van der Waals surface area contributed by atoms with E-state index < -0.39 is 6.04 Å². The second-order valence-corrected chi connectivity index (χ2v) is 5.55. The lowest BCUT2D eigenvalue weighted by molar-refractivity contribution is -0.129. The molecule has 3 amide bonds. The molecule has 108 valence electrons. The molecule has 1 aromatic carbocycles. The number of urea groups is 1. The molecule has 1 fully saturated rings. The fraction of sp³-hybridized carbons (Fsp3) is 0.429. The molecular formula is C14H18ClN3O2. The zero-order valence-electron chi connectivity index (χ0n) is 11.5. The fourth-order valence-corrected chi connectivity index (χ4v) is 2.53. The molecule has 0 spiro atoms. The number of nitrogens with one attached hydrogen (secondary N) is 2. The number of hydrogen-bond donors (Lipinski definition) is 2. The first-order chi connectivity index (χ1) is 9.49. The first-order valence-electron chi connectivity index (χ1n) is 6.60. The largest absolute Gasteiger partial charge is 0.353 e. The molecule has 6 heteroatoms. The highest BCUT2D eigenvalue weighted by Gasteiger charge is 2.35. The van der Waals surface area contributed by atoms with Gasteiger partial charge in [0.05, 0.1) is 0 Å². The lowest BCUT2D eigenvalue weighted by Crippen LogP contribution is -2.60. The molecule has 0 aromatic heterocycles. The van der Waals surface area contributed by atoms with Crippen molar-refractivity contribution in [1.29, 1.82) is 0 Å². The normalized spacial score (nSPS) is 18.9. The zero-order valence-corrected chi connectivity index (χ0v) is 12.3. The van der Waals surface area contributed by atoms with Gasteiger partial charge >= 0.3 is 6.03 Å². The van der Waals surface area contributed by atoms with Crippen LogP contribution >= 0.6 is 11.6 Å². The highest BCUT2D eigenvalue weighted by atomic mass is 35.5. The third-order valence-electron chi connectivity index (χ3n) is 3.22. The molecule has 1 atom stereocenters. The molecule has 5 nitrogen and oxygen atoms in total. The van der Waals surface area contributed by atoms with E-state index in [1.807, 2.05) is 13.8 Å². The minimum Gasteiger partial charge on any atom is -0.353 e. The van der Waals surface area contributed by atoms with E-state index in [2.05, 4.69) is 10.6 Å². The van der Waals surface area contributed by atoms with Crippen LogP contribution in [0.3, 0.4) is 0 Å². The van der Waals surface area contributed by atoms with E-state index in [1.54, 1.807) is 29.2 Å². The van der Waals surface area contributed by atoms with Gasteiger partial charge in [0.25, 0.3) is 0 Å². The number of rotatable bonds is 2. The Balaban J connectivity index is 2.12. The summed E-state index contributed by atoms with van der Waals surface area (Å²) in [4.78, 5) is 25.8. The van der Waals surface area contributed by atoms with Crippen molar-refractivity contribution >= 4 is 29.2 Å². The molecule has 2 N–H and O–H groups in total. The van der Waals surface area contributed by atoms with Crippen LogP contribution in [0.25, 0.3) is 0 Å². The van der Waals surface area contributed by atoms with Crippen LogP contribution < -0.4 is 10.6 Å². The summed E-state index contributed by atoms with van der Waals surface area (Å²) in [7, 11) is 0. The molecular weight excluding hydrogens is 278 g/mol. The van der Waals surface area contributed by atoms with E-state index in [0.717, 1.165) is 0 Å². The minimum absolute atomic E-state index is 0.0559. The van der Waals surface area contributed by atoms with Gasteiger partial charge in [-0.25, -0.2) is 4.79 Å². The van der Waals surface area contributed by atoms with Crippen LogP contribution in [0, 0.1) is 5.92 Å². The Hall–Kier alpha value is -1.75. The smallest absolute Gasteiger partial charge is 0.322 e. The van der Waals surface area contributed by atoms with Gasteiger partial charge in [-0.05, 0) is 24.1 Å². The Morgan fingerprint density at radius 2 is 2.25 bits per heavy atom. The summed E-state index contributed by atoms with van der Waals surface area (Å²) in [6.45, 7) is 4.83. The molecule has 0 bridgehead atoms. The zero-order chi connectivity index (χ0) is 14.7. The number of amides is 3. The van der Waals surface area contributed by atoms with Gasteiger partial charge < -0.3 is 15.5 Å². The summed E-state index contributed by atoms with van der Waals surface area (Å²) in [5.41, 5.74) is 0.621.